The number of nitrogens with two attached hydrogens (primary N) is 1. The van der Waals surface area contributed by atoms with Crippen LogP contribution in [0.25, 0.3) is 0 Å². The second-order valence-corrected chi connectivity index (χ2v) is 2.91. The fourth-order valence-corrected chi connectivity index (χ4v) is 1.03. The Morgan fingerprint density at radius 1 is 1.57 bits per heavy atom. The summed E-state index contributed by atoms with van der Waals surface area (Å²) in [6.45, 7) is 3.89. The van der Waals surface area contributed by atoms with E-state index in [9.17, 15) is 0 Å². The first-order valence-electron chi connectivity index (χ1n) is 4.33. The van der Waals surface area contributed by atoms with Crippen molar-refractivity contribution in [1.29, 1.82) is 0 Å². The lowest BCUT2D eigenvalue weighted by molar-refractivity contribution is 0.158. The van der Waals surface area contributed by atoms with Crippen molar-refractivity contribution in [3.63, 3.8) is 0 Å². The molecule has 1 aromatic heterocycles. The lowest BCUT2D eigenvalue weighted by Gasteiger charge is -2.07. The highest BCUT2D eigenvalue weighted by Crippen LogP contribution is 2.21. The quantitative estimate of drug-likeness (QED) is 0.571. The number of rotatable bonds is 5. The minimum Gasteiger partial charge on any atom is -0.393 e. The van der Waals surface area contributed by atoms with Crippen LogP contribution in [0.15, 0.2) is 6.33 Å². The second kappa shape index (κ2) is 5.62. The first-order chi connectivity index (χ1) is 6.75. The van der Waals surface area contributed by atoms with Gasteiger partial charge in [0, 0.05) is 13.2 Å². The number of hydrogen-bond donors (Lipinski definition) is 2. The van der Waals surface area contributed by atoms with Crippen LogP contribution in [-0.4, -0.2) is 29.7 Å². The molecule has 1 heterocycles. The standard InChI is InChI=1S/C8H13ClN4O/c1-2-14-4-3-11-8-6(10)7(9)12-5-13-8/h5H,2-4,10H2,1H3,(H,11,12,13). The minimum absolute atomic E-state index is 0.263. The number of ether oxygens (including phenoxy) is 1. The van der Waals surface area contributed by atoms with E-state index in [4.69, 9.17) is 22.1 Å². The highest BCUT2D eigenvalue weighted by molar-refractivity contribution is 6.32. The van der Waals surface area contributed by atoms with Crippen molar-refractivity contribution in [3.05, 3.63) is 11.5 Å². The van der Waals surface area contributed by atoms with Crippen molar-refractivity contribution < 1.29 is 4.74 Å². The fourth-order valence-electron chi connectivity index (χ4n) is 0.901. The maximum Gasteiger partial charge on any atom is 0.157 e. The average Bonchev–Trinajstić information content (AvgIpc) is 2.19. The van der Waals surface area contributed by atoms with Crippen LogP contribution in [0.4, 0.5) is 11.5 Å². The van der Waals surface area contributed by atoms with E-state index in [1.807, 2.05) is 6.92 Å². The molecule has 6 heteroatoms. The molecule has 0 saturated heterocycles. The minimum atomic E-state index is 0.263. The Morgan fingerprint density at radius 3 is 3.07 bits per heavy atom. The molecule has 0 amide bonds. The molecular formula is C8H13ClN4O. The molecule has 0 aliphatic heterocycles. The molecule has 0 aromatic carbocycles. The number of anilines is 2. The summed E-state index contributed by atoms with van der Waals surface area (Å²) >= 11 is 5.71. The van der Waals surface area contributed by atoms with Crippen molar-refractivity contribution >= 4 is 23.1 Å². The van der Waals surface area contributed by atoms with Gasteiger partial charge in [-0.2, -0.15) is 0 Å². The van der Waals surface area contributed by atoms with E-state index in [1.54, 1.807) is 0 Å². The molecular weight excluding hydrogens is 204 g/mol. The third-order valence-electron chi connectivity index (χ3n) is 1.58. The van der Waals surface area contributed by atoms with Crippen LogP contribution in [0, 0.1) is 0 Å². The molecule has 0 unspecified atom stereocenters. The van der Waals surface area contributed by atoms with Crippen molar-refractivity contribution in [2.24, 2.45) is 0 Å². The summed E-state index contributed by atoms with van der Waals surface area (Å²) in [4.78, 5) is 7.69. The SMILES string of the molecule is CCOCCNc1ncnc(Cl)c1N. The van der Waals surface area contributed by atoms with E-state index in [0.29, 0.717) is 31.3 Å². The topological polar surface area (TPSA) is 73.1 Å². The molecule has 0 bridgehead atoms. The Kier molecular flexibility index (Phi) is 4.42. The van der Waals surface area contributed by atoms with Crippen LogP contribution < -0.4 is 11.1 Å². The Bertz CT molecular complexity index is 295. The van der Waals surface area contributed by atoms with Crippen LogP contribution in [-0.2, 0) is 4.74 Å². The molecule has 0 saturated carbocycles. The van der Waals surface area contributed by atoms with Gasteiger partial charge in [0.2, 0.25) is 0 Å². The fraction of sp³-hybridized carbons (Fsp3) is 0.500. The summed E-state index contributed by atoms with van der Waals surface area (Å²) in [6, 6.07) is 0. The Labute approximate surface area is 87.6 Å². The summed E-state index contributed by atoms with van der Waals surface area (Å²) in [5, 5.41) is 3.27. The summed E-state index contributed by atoms with van der Waals surface area (Å²) in [5.41, 5.74) is 6.00. The third-order valence-corrected chi connectivity index (χ3v) is 1.88. The smallest absolute Gasteiger partial charge is 0.157 e. The van der Waals surface area contributed by atoms with Gasteiger partial charge in [-0.3, -0.25) is 0 Å². The van der Waals surface area contributed by atoms with Gasteiger partial charge in [0.25, 0.3) is 0 Å². The molecule has 0 atom stereocenters. The van der Waals surface area contributed by atoms with Gasteiger partial charge in [-0.25, -0.2) is 9.97 Å². The number of nitrogen functional groups attached to an aromatic ring is 1. The van der Waals surface area contributed by atoms with Crippen molar-refractivity contribution in [2.75, 3.05) is 30.8 Å². The summed E-state index contributed by atoms with van der Waals surface area (Å²) in [6.07, 6.45) is 1.36. The molecule has 0 fully saturated rings. The first kappa shape index (κ1) is 11.0. The molecule has 1 aromatic rings. The second-order valence-electron chi connectivity index (χ2n) is 2.55. The lowest BCUT2D eigenvalue weighted by Crippen LogP contribution is -2.12. The summed E-state index contributed by atoms with van der Waals surface area (Å²) in [5.74, 6) is 0.546. The molecule has 0 spiro atoms. The normalized spacial score (nSPS) is 10.1. The zero-order chi connectivity index (χ0) is 10.4. The van der Waals surface area contributed by atoms with E-state index in [2.05, 4.69) is 15.3 Å². The van der Waals surface area contributed by atoms with E-state index >= 15 is 0 Å². The molecule has 14 heavy (non-hydrogen) atoms. The van der Waals surface area contributed by atoms with Gasteiger partial charge in [0.15, 0.2) is 11.0 Å². The predicted octanol–water partition coefficient (Wildman–Crippen LogP) is 1.16. The largest absolute Gasteiger partial charge is 0.393 e. The van der Waals surface area contributed by atoms with E-state index in [0.717, 1.165) is 0 Å². The van der Waals surface area contributed by atoms with E-state index < -0.39 is 0 Å². The number of halogens is 1. The monoisotopic (exact) mass is 216 g/mol. The van der Waals surface area contributed by atoms with Gasteiger partial charge < -0.3 is 15.8 Å². The number of aromatic nitrogens is 2. The van der Waals surface area contributed by atoms with Gasteiger partial charge in [0.05, 0.1) is 6.61 Å². The maximum absolute atomic E-state index is 5.71. The maximum atomic E-state index is 5.71. The van der Waals surface area contributed by atoms with E-state index in [-0.39, 0.29) is 5.15 Å². The van der Waals surface area contributed by atoms with Gasteiger partial charge in [-0.05, 0) is 6.92 Å². The van der Waals surface area contributed by atoms with Crippen LogP contribution in [0.1, 0.15) is 6.92 Å². The molecule has 5 nitrogen and oxygen atoms in total. The Balaban J connectivity index is 2.46. The molecule has 1 rings (SSSR count). The lowest BCUT2D eigenvalue weighted by atomic mass is 10.5. The van der Waals surface area contributed by atoms with Gasteiger partial charge in [0.1, 0.15) is 12.0 Å². The molecule has 0 radical (unpaired) electrons. The molecule has 0 aliphatic rings. The highest BCUT2D eigenvalue weighted by Gasteiger charge is 2.04. The highest BCUT2D eigenvalue weighted by atomic mass is 35.5. The number of hydrogen-bond acceptors (Lipinski definition) is 5. The van der Waals surface area contributed by atoms with Gasteiger partial charge in [-0.1, -0.05) is 11.6 Å². The zero-order valence-corrected chi connectivity index (χ0v) is 8.71. The Morgan fingerprint density at radius 2 is 2.36 bits per heavy atom. The average molecular weight is 217 g/mol. The Hall–Kier alpha value is -1.07. The first-order valence-corrected chi connectivity index (χ1v) is 4.71. The van der Waals surface area contributed by atoms with Crippen LogP contribution in [0.3, 0.4) is 0 Å². The summed E-state index contributed by atoms with van der Waals surface area (Å²) < 4.78 is 5.15. The van der Waals surface area contributed by atoms with Crippen molar-refractivity contribution in [2.45, 2.75) is 6.92 Å². The van der Waals surface area contributed by atoms with Gasteiger partial charge >= 0.3 is 0 Å². The third kappa shape index (κ3) is 3.01. The number of nitrogens with one attached hydrogen (secondary N) is 1. The van der Waals surface area contributed by atoms with Gasteiger partial charge in [-0.15, -0.1) is 0 Å². The number of nitrogens with zero attached hydrogens (tertiary/aromatic N) is 2. The predicted molar refractivity (Wildman–Crippen MR) is 56.4 cm³/mol. The summed E-state index contributed by atoms with van der Waals surface area (Å²) in [7, 11) is 0. The molecule has 3 N–H and O–H groups in total. The molecule has 0 aliphatic carbocycles. The van der Waals surface area contributed by atoms with E-state index in [1.165, 1.54) is 6.33 Å². The van der Waals surface area contributed by atoms with Crippen molar-refractivity contribution in [3.8, 4) is 0 Å². The van der Waals surface area contributed by atoms with Crippen LogP contribution in [0.5, 0.6) is 0 Å². The van der Waals surface area contributed by atoms with Crippen LogP contribution >= 0.6 is 11.6 Å². The van der Waals surface area contributed by atoms with Crippen LogP contribution in [0.2, 0.25) is 5.15 Å². The molecule has 78 valence electrons. The van der Waals surface area contributed by atoms with Crippen molar-refractivity contribution in [1.82, 2.24) is 9.97 Å². The zero-order valence-electron chi connectivity index (χ0n) is 7.96.